The average molecular weight is 334 g/mol. The predicted octanol–water partition coefficient (Wildman–Crippen LogP) is -0.438. The number of nitrogens with one attached hydrogen (secondary N) is 1. The maximum atomic E-state index is 12.1. The lowest BCUT2D eigenvalue weighted by Gasteiger charge is -2.48. The lowest BCUT2D eigenvalue weighted by atomic mass is 9.70. The van der Waals surface area contributed by atoms with Gasteiger partial charge in [0.15, 0.2) is 0 Å². The highest BCUT2D eigenvalue weighted by molar-refractivity contribution is 7.88. The first-order valence-electron chi connectivity index (χ1n) is 7.75. The number of carbonyl (C=O) groups is 1. The minimum Gasteiger partial charge on any atom is -0.389 e. The van der Waals surface area contributed by atoms with Crippen LogP contribution >= 0.6 is 0 Å². The van der Waals surface area contributed by atoms with Gasteiger partial charge < -0.3 is 14.7 Å². The minimum atomic E-state index is -3.37. The van der Waals surface area contributed by atoms with E-state index in [4.69, 9.17) is 4.74 Å². The van der Waals surface area contributed by atoms with Crippen LogP contribution in [0.4, 0.5) is 0 Å². The molecule has 0 aromatic rings. The minimum absolute atomic E-state index is 0.0356. The Bertz CT molecular complexity index is 503. The molecule has 8 heteroatoms. The molecule has 0 unspecified atom stereocenters. The van der Waals surface area contributed by atoms with Crippen molar-refractivity contribution in [3.05, 3.63) is 0 Å². The van der Waals surface area contributed by atoms with Crippen LogP contribution in [0.1, 0.15) is 26.2 Å². The van der Waals surface area contributed by atoms with E-state index in [1.54, 1.807) is 4.90 Å². The number of likely N-dealkylation sites (tertiary alicyclic amines) is 1. The number of hydrogen-bond donors (Lipinski definition) is 2. The predicted molar refractivity (Wildman–Crippen MR) is 81.7 cm³/mol. The fraction of sp³-hybridized carbons (Fsp3) is 0.929. The third-order valence-corrected chi connectivity index (χ3v) is 5.57. The van der Waals surface area contributed by atoms with Gasteiger partial charge >= 0.3 is 0 Å². The number of aliphatic hydroxyl groups is 1. The summed E-state index contributed by atoms with van der Waals surface area (Å²) in [7, 11) is -3.37. The molecule has 2 aliphatic heterocycles. The number of piperidine rings is 1. The molecule has 0 aliphatic carbocycles. The zero-order valence-corrected chi connectivity index (χ0v) is 14.1. The molecule has 2 N–H and O–H groups in total. The fourth-order valence-corrected chi connectivity index (χ4v) is 3.86. The van der Waals surface area contributed by atoms with Crippen molar-refractivity contribution < 1.29 is 23.1 Å². The highest BCUT2D eigenvalue weighted by Gasteiger charge is 2.45. The molecule has 0 bridgehead atoms. The lowest BCUT2D eigenvalue weighted by Crippen LogP contribution is -2.57. The van der Waals surface area contributed by atoms with Crippen molar-refractivity contribution in [2.24, 2.45) is 11.8 Å². The Morgan fingerprint density at radius 2 is 2.05 bits per heavy atom. The van der Waals surface area contributed by atoms with Crippen molar-refractivity contribution in [3.63, 3.8) is 0 Å². The number of sulfonamides is 1. The van der Waals surface area contributed by atoms with Crippen molar-refractivity contribution >= 4 is 15.9 Å². The van der Waals surface area contributed by atoms with Crippen LogP contribution in [0.15, 0.2) is 0 Å². The first-order chi connectivity index (χ1) is 10.2. The van der Waals surface area contributed by atoms with Gasteiger partial charge in [-0.1, -0.05) is 6.92 Å². The Kier molecular flexibility index (Phi) is 5.47. The standard InChI is InChI=1S/C14H26N2O5S/c1-11-10-16(13(17)9-15-22(2,19)20)6-5-14(11,18)12-3-7-21-8-4-12/h11-12,15,18H,3-10H2,1-2H3/t11-,14+/m1/s1. The summed E-state index contributed by atoms with van der Waals surface area (Å²) in [6.45, 7) is 4.02. The van der Waals surface area contributed by atoms with Crippen LogP contribution in [-0.2, 0) is 19.6 Å². The van der Waals surface area contributed by atoms with Crippen LogP contribution in [0.3, 0.4) is 0 Å². The fourth-order valence-electron chi connectivity index (χ4n) is 3.48. The molecule has 2 aliphatic rings. The lowest BCUT2D eigenvalue weighted by molar-refractivity contribution is -0.150. The average Bonchev–Trinajstić information content (AvgIpc) is 2.48. The third kappa shape index (κ3) is 4.18. The van der Waals surface area contributed by atoms with Gasteiger partial charge in [-0.15, -0.1) is 0 Å². The summed E-state index contributed by atoms with van der Waals surface area (Å²) in [4.78, 5) is 13.7. The molecule has 2 heterocycles. The van der Waals surface area contributed by atoms with Crippen LogP contribution in [0.25, 0.3) is 0 Å². The summed E-state index contributed by atoms with van der Waals surface area (Å²) in [6.07, 6.45) is 3.27. The number of nitrogens with zero attached hydrogens (tertiary/aromatic N) is 1. The molecule has 0 spiro atoms. The van der Waals surface area contributed by atoms with E-state index in [0.717, 1.165) is 19.1 Å². The van der Waals surface area contributed by atoms with Gasteiger partial charge in [-0.3, -0.25) is 4.79 Å². The quantitative estimate of drug-likeness (QED) is 0.727. The first-order valence-corrected chi connectivity index (χ1v) is 9.64. The Hall–Kier alpha value is -0.700. The van der Waals surface area contributed by atoms with Gasteiger partial charge in [-0.25, -0.2) is 13.1 Å². The van der Waals surface area contributed by atoms with Gasteiger partial charge in [0.05, 0.1) is 18.4 Å². The smallest absolute Gasteiger partial charge is 0.237 e. The normalized spacial score (nSPS) is 31.2. The van der Waals surface area contributed by atoms with Crippen LogP contribution in [0, 0.1) is 11.8 Å². The topological polar surface area (TPSA) is 95.9 Å². The Morgan fingerprint density at radius 1 is 1.41 bits per heavy atom. The summed E-state index contributed by atoms with van der Waals surface area (Å²) < 4.78 is 29.7. The molecule has 2 fully saturated rings. The summed E-state index contributed by atoms with van der Waals surface area (Å²) >= 11 is 0. The number of hydrogen-bond acceptors (Lipinski definition) is 5. The molecule has 0 aromatic heterocycles. The van der Waals surface area contributed by atoms with Crippen molar-refractivity contribution in [1.82, 2.24) is 9.62 Å². The first kappa shape index (κ1) is 17.7. The van der Waals surface area contributed by atoms with Crippen molar-refractivity contribution in [1.29, 1.82) is 0 Å². The van der Waals surface area contributed by atoms with E-state index in [0.29, 0.717) is 32.7 Å². The summed E-state index contributed by atoms with van der Waals surface area (Å²) in [5.41, 5.74) is -0.759. The summed E-state index contributed by atoms with van der Waals surface area (Å²) in [6, 6.07) is 0. The van der Waals surface area contributed by atoms with Gasteiger partial charge in [0.1, 0.15) is 0 Å². The zero-order valence-electron chi connectivity index (χ0n) is 13.2. The SMILES string of the molecule is C[C@@H]1CN(C(=O)CNS(C)(=O)=O)CC[C@@]1(O)C1CCOCC1. The van der Waals surface area contributed by atoms with E-state index >= 15 is 0 Å². The van der Waals surface area contributed by atoms with Crippen molar-refractivity contribution in [3.8, 4) is 0 Å². The highest BCUT2D eigenvalue weighted by Crippen LogP contribution is 2.39. The van der Waals surface area contributed by atoms with Crippen LogP contribution in [0.5, 0.6) is 0 Å². The maximum Gasteiger partial charge on any atom is 0.237 e. The third-order valence-electron chi connectivity index (χ3n) is 4.90. The molecule has 2 saturated heterocycles. The molecule has 0 radical (unpaired) electrons. The highest BCUT2D eigenvalue weighted by atomic mass is 32.2. The maximum absolute atomic E-state index is 12.1. The molecule has 2 rings (SSSR count). The molecule has 0 saturated carbocycles. The number of carbonyl (C=O) groups excluding carboxylic acids is 1. The Balaban J connectivity index is 1.92. The number of amides is 1. The second kappa shape index (κ2) is 6.82. The molecule has 0 aromatic carbocycles. The molecular formula is C14H26N2O5S. The van der Waals surface area contributed by atoms with Crippen molar-refractivity contribution in [2.75, 3.05) is 39.1 Å². The Morgan fingerprint density at radius 3 is 2.59 bits per heavy atom. The second-order valence-electron chi connectivity index (χ2n) is 6.46. The van der Waals surface area contributed by atoms with Crippen LogP contribution in [0.2, 0.25) is 0 Å². The monoisotopic (exact) mass is 334 g/mol. The molecule has 128 valence electrons. The van der Waals surface area contributed by atoms with Gasteiger partial charge in [0.2, 0.25) is 15.9 Å². The van der Waals surface area contributed by atoms with E-state index in [1.165, 1.54) is 0 Å². The van der Waals surface area contributed by atoms with Crippen molar-refractivity contribution in [2.45, 2.75) is 31.8 Å². The second-order valence-corrected chi connectivity index (χ2v) is 8.29. The summed E-state index contributed by atoms with van der Waals surface area (Å²) in [5.74, 6) is -0.0690. The van der Waals surface area contributed by atoms with Gasteiger partial charge in [-0.2, -0.15) is 0 Å². The van der Waals surface area contributed by atoms with E-state index in [9.17, 15) is 18.3 Å². The number of ether oxygens (including phenoxy) is 1. The van der Waals surface area contributed by atoms with E-state index in [1.807, 2.05) is 6.92 Å². The van der Waals surface area contributed by atoms with E-state index in [2.05, 4.69) is 4.72 Å². The largest absolute Gasteiger partial charge is 0.389 e. The van der Waals surface area contributed by atoms with Gasteiger partial charge in [-0.05, 0) is 25.2 Å². The summed E-state index contributed by atoms with van der Waals surface area (Å²) in [5, 5.41) is 11.0. The molecule has 7 nitrogen and oxygen atoms in total. The van der Waals surface area contributed by atoms with Gasteiger partial charge in [0, 0.05) is 32.2 Å². The molecule has 1 amide bonds. The van der Waals surface area contributed by atoms with E-state index < -0.39 is 15.6 Å². The molecule has 2 atom stereocenters. The van der Waals surface area contributed by atoms with Crippen LogP contribution in [-0.4, -0.2) is 69.0 Å². The Labute approximate surface area is 132 Å². The van der Waals surface area contributed by atoms with Gasteiger partial charge in [0.25, 0.3) is 0 Å². The van der Waals surface area contributed by atoms with E-state index in [-0.39, 0.29) is 24.3 Å². The molecular weight excluding hydrogens is 308 g/mol. The zero-order chi connectivity index (χ0) is 16.4. The number of rotatable bonds is 4. The van der Waals surface area contributed by atoms with Crippen LogP contribution < -0.4 is 4.72 Å². The molecule has 22 heavy (non-hydrogen) atoms.